The van der Waals surface area contributed by atoms with Crippen LogP contribution >= 0.6 is 0 Å². The first kappa shape index (κ1) is 13.9. The molecule has 2 saturated heterocycles. The van der Waals surface area contributed by atoms with Gasteiger partial charge in [0.25, 0.3) is 5.91 Å². The number of hydrogen-bond acceptors (Lipinski definition) is 5. The number of amides is 1. The van der Waals surface area contributed by atoms with E-state index in [2.05, 4.69) is 0 Å². The highest BCUT2D eigenvalue weighted by Gasteiger charge is 2.62. The summed E-state index contributed by atoms with van der Waals surface area (Å²) >= 11 is 0. The summed E-state index contributed by atoms with van der Waals surface area (Å²) in [5, 5.41) is 11.7. The lowest BCUT2D eigenvalue weighted by Crippen LogP contribution is -2.50. The number of aliphatic hydroxyl groups excluding tert-OH is 1. The van der Waals surface area contributed by atoms with Gasteiger partial charge in [0, 0.05) is 6.42 Å². The topological polar surface area (TPSA) is 76.1 Å². The minimum atomic E-state index is -1.05. The van der Waals surface area contributed by atoms with Crippen LogP contribution in [0.4, 0.5) is 5.69 Å². The number of Topliss-reactive ketones (excluding diaryl/α,β-unsaturated/α-hetero) is 1. The number of rotatable bonds is 1. The number of ketones is 1. The van der Waals surface area contributed by atoms with Gasteiger partial charge in [0.05, 0.1) is 37.5 Å². The van der Waals surface area contributed by atoms with E-state index >= 15 is 0 Å². The molecule has 4 aliphatic rings. The Kier molecular flexibility index (Phi) is 2.91. The molecule has 3 aliphatic heterocycles. The molecular weight excluding hydrogens is 286 g/mol. The molecule has 1 aromatic carbocycles. The lowest BCUT2D eigenvalue weighted by molar-refractivity contribution is -0.143. The Morgan fingerprint density at radius 1 is 1.36 bits per heavy atom. The van der Waals surface area contributed by atoms with Crippen LogP contribution in [0.1, 0.15) is 18.4 Å². The van der Waals surface area contributed by atoms with Gasteiger partial charge < -0.3 is 9.84 Å². The van der Waals surface area contributed by atoms with Crippen LogP contribution < -0.4 is 5.06 Å². The number of carbonyl (C=O) groups excluding carboxylic acids is 2. The van der Waals surface area contributed by atoms with Gasteiger partial charge in [0.15, 0.2) is 0 Å². The van der Waals surface area contributed by atoms with Crippen molar-refractivity contribution >= 4 is 17.4 Å². The van der Waals surface area contributed by atoms with E-state index in [1.807, 2.05) is 18.2 Å². The minimum Gasteiger partial charge on any atom is -0.392 e. The Bertz CT molecular complexity index is 660. The van der Waals surface area contributed by atoms with Crippen molar-refractivity contribution < 1.29 is 24.3 Å². The molecule has 5 rings (SSSR count). The smallest absolute Gasteiger partial charge is 0.264 e. The second-order valence-corrected chi connectivity index (χ2v) is 6.14. The van der Waals surface area contributed by atoms with Gasteiger partial charge in [0.2, 0.25) is 0 Å². The Hall–Kier alpha value is -1.76. The normalized spacial score (nSPS) is 36.8. The molecule has 6 heteroatoms. The molecule has 0 aromatic heterocycles. The Morgan fingerprint density at radius 2 is 2.14 bits per heavy atom. The van der Waals surface area contributed by atoms with E-state index in [0.717, 1.165) is 5.56 Å². The number of ether oxygens (including phenoxy) is 1. The highest BCUT2D eigenvalue weighted by Crippen LogP contribution is 2.52. The molecule has 3 heterocycles. The van der Waals surface area contributed by atoms with Crippen LogP contribution in [0.2, 0.25) is 0 Å². The maximum Gasteiger partial charge on any atom is 0.264 e. The fraction of sp³-hybridized carbons (Fsp3) is 0.500. The summed E-state index contributed by atoms with van der Waals surface area (Å²) in [6.45, 7) is 0.175. The van der Waals surface area contributed by atoms with Gasteiger partial charge >= 0.3 is 0 Å². The summed E-state index contributed by atoms with van der Waals surface area (Å²) in [4.78, 5) is 30.5. The van der Waals surface area contributed by atoms with Crippen molar-refractivity contribution in [3.05, 3.63) is 29.8 Å². The summed E-state index contributed by atoms with van der Waals surface area (Å²) in [5.74, 6) is -0.829. The number of hydroxylamine groups is 1. The molecule has 22 heavy (non-hydrogen) atoms. The van der Waals surface area contributed by atoms with E-state index in [9.17, 15) is 14.7 Å². The molecule has 1 spiro atoms. The van der Waals surface area contributed by atoms with E-state index in [0.29, 0.717) is 5.69 Å². The van der Waals surface area contributed by atoms with Crippen LogP contribution in [-0.2, 0) is 24.6 Å². The lowest BCUT2D eigenvalue weighted by atomic mass is 9.73. The van der Waals surface area contributed by atoms with Crippen LogP contribution in [-0.4, -0.2) is 42.7 Å². The van der Waals surface area contributed by atoms with Gasteiger partial charge in [-0.15, -0.1) is 0 Å². The predicted octanol–water partition coefficient (Wildman–Crippen LogP) is 0.571. The van der Waals surface area contributed by atoms with E-state index in [-0.39, 0.29) is 31.1 Å². The highest BCUT2D eigenvalue weighted by molar-refractivity contribution is 6.08. The van der Waals surface area contributed by atoms with Crippen LogP contribution in [0.5, 0.6) is 0 Å². The number of benzene rings is 1. The number of para-hydroxylation sites is 1. The van der Waals surface area contributed by atoms with Crippen LogP contribution in [0.3, 0.4) is 0 Å². The van der Waals surface area contributed by atoms with Crippen molar-refractivity contribution in [3.63, 3.8) is 0 Å². The highest BCUT2D eigenvalue weighted by atomic mass is 16.7. The minimum absolute atomic E-state index is 0.0261. The Labute approximate surface area is 127 Å². The first-order valence-electron chi connectivity index (χ1n) is 7.40. The summed E-state index contributed by atoms with van der Waals surface area (Å²) in [6, 6.07) is 7.33. The zero-order valence-electron chi connectivity index (χ0n) is 12.2. The molecule has 1 N–H and O–H groups in total. The van der Waals surface area contributed by atoms with Gasteiger partial charge in [-0.3, -0.25) is 14.4 Å². The van der Waals surface area contributed by atoms with E-state index < -0.39 is 23.5 Å². The molecule has 6 nitrogen and oxygen atoms in total. The van der Waals surface area contributed by atoms with Gasteiger partial charge in [-0.2, -0.15) is 5.06 Å². The van der Waals surface area contributed by atoms with Crippen molar-refractivity contribution in [2.75, 3.05) is 18.8 Å². The molecule has 0 radical (unpaired) electrons. The van der Waals surface area contributed by atoms with Crippen molar-refractivity contribution in [1.82, 2.24) is 0 Å². The maximum atomic E-state index is 13.1. The largest absolute Gasteiger partial charge is 0.392 e. The van der Waals surface area contributed by atoms with E-state index in [1.54, 1.807) is 6.07 Å². The second-order valence-electron chi connectivity index (χ2n) is 6.14. The molecule has 1 aromatic rings. The SMILES string of the molecule is CON1C(=O)C2(CC(O)C3COC2CC3=O)c2ccccc21. The maximum absolute atomic E-state index is 13.1. The predicted molar refractivity (Wildman–Crippen MR) is 76.1 cm³/mol. The van der Waals surface area contributed by atoms with E-state index in [1.165, 1.54) is 12.2 Å². The molecule has 3 fully saturated rings. The average molecular weight is 303 g/mol. The fourth-order valence-corrected chi connectivity index (χ4v) is 4.07. The number of fused-ring (bicyclic) bond motifs is 4. The summed E-state index contributed by atoms with van der Waals surface area (Å²) in [6.07, 6.45) is -1.10. The molecule has 1 saturated carbocycles. The molecule has 1 aliphatic carbocycles. The zero-order valence-corrected chi connectivity index (χ0v) is 12.2. The van der Waals surface area contributed by atoms with Crippen LogP contribution in [0, 0.1) is 5.92 Å². The van der Waals surface area contributed by atoms with Gasteiger partial charge in [0.1, 0.15) is 11.2 Å². The third-order valence-corrected chi connectivity index (χ3v) is 5.17. The number of hydrogen-bond donors (Lipinski definition) is 1. The quantitative estimate of drug-likeness (QED) is 0.821. The molecule has 4 atom stereocenters. The van der Waals surface area contributed by atoms with Crippen molar-refractivity contribution in [3.8, 4) is 0 Å². The van der Waals surface area contributed by atoms with Gasteiger partial charge in [-0.1, -0.05) is 18.2 Å². The zero-order chi connectivity index (χ0) is 15.5. The average Bonchev–Trinajstić information content (AvgIpc) is 2.60. The Balaban J connectivity index is 1.93. The molecule has 4 unspecified atom stereocenters. The number of aliphatic hydroxyl groups is 1. The monoisotopic (exact) mass is 303 g/mol. The first-order chi connectivity index (χ1) is 10.6. The molecule has 2 bridgehead atoms. The first-order valence-corrected chi connectivity index (χ1v) is 7.40. The summed E-state index contributed by atoms with van der Waals surface area (Å²) in [7, 11) is 1.43. The number of nitrogens with zero attached hydrogens (tertiary/aromatic N) is 1. The second kappa shape index (κ2) is 4.62. The van der Waals surface area contributed by atoms with Crippen molar-refractivity contribution in [2.24, 2.45) is 5.92 Å². The van der Waals surface area contributed by atoms with Crippen molar-refractivity contribution in [2.45, 2.75) is 30.5 Å². The summed E-state index contributed by atoms with van der Waals surface area (Å²) in [5.41, 5.74) is 0.372. The van der Waals surface area contributed by atoms with Crippen LogP contribution in [0.25, 0.3) is 0 Å². The van der Waals surface area contributed by atoms with Crippen LogP contribution in [0.15, 0.2) is 24.3 Å². The van der Waals surface area contributed by atoms with Crippen molar-refractivity contribution in [1.29, 1.82) is 0 Å². The van der Waals surface area contributed by atoms with Gasteiger partial charge in [-0.05, 0) is 18.1 Å². The molecule has 116 valence electrons. The molecule has 1 amide bonds. The standard InChI is InChI=1S/C16H17NO5/c1-21-17-11-5-3-2-4-10(11)16(15(17)20)7-13(19)9-8-22-14(16)6-12(9)18/h2-5,9,13-14,19H,6-8H2,1H3. The third kappa shape index (κ3) is 1.54. The fourth-order valence-electron chi connectivity index (χ4n) is 4.07. The Morgan fingerprint density at radius 3 is 2.86 bits per heavy atom. The lowest BCUT2D eigenvalue weighted by Gasteiger charge is -2.34. The third-order valence-electron chi connectivity index (χ3n) is 5.17. The number of carbonyl (C=O) groups is 2. The number of anilines is 1. The van der Waals surface area contributed by atoms with E-state index in [4.69, 9.17) is 9.57 Å². The summed E-state index contributed by atoms with van der Waals surface area (Å²) < 4.78 is 5.82. The van der Waals surface area contributed by atoms with Gasteiger partial charge in [-0.25, -0.2) is 0 Å². The molecular formula is C16H17NO5.